The zero-order chi connectivity index (χ0) is 17.2. The number of para-hydroxylation sites is 1. The molecule has 0 spiro atoms. The van der Waals surface area contributed by atoms with Crippen molar-refractivity contribution in [2.24, 2.45) is 0 Å². The molecule has 1 atom stereocenters. The number of fused-ring (bicyclic) bond motifs is 1. The minimum absolute atomic E-state index is 0.147. The first-order valence-corrected chi connectivity index (χ1v) is 9.16. The zero-order valence-corrected chi connectivity index (χ0v) is 14.1. The minimum atomic E-state index is -3.69. The molecule has 1 unspecified atom stereocenters. The van der Waals surface area contributed by atoms with Crippen LogP contribution in [-0.2, 0) is 21.2 Å². The van der Waals surface area contributed by atoms with E-state index in [-0.39, 0.29) is 4.90 Å². The van der Waals surface area contributed by atoms with Gasteiger partial charge in [-0.2, -0.15) is 4.72 Å². The predicted molar refractivity (Wildman–Crippen MR) is 92.1 cm³/mol. The van der Waals surface area contributed by atoms with E-state index in [1.165, 1.54) is 6.07 Å². The third kappa shape index (κ3) is 3.42. The molecule has 0 saturated heterocycles. The Kier molecular flexibility index (Phi) is 4.55. The summed E-state index contributed by atoms with van der Waals surface area (Å²) >= 11 is 0. The molecule has 3 N–H and O–H groups in total. The van der Waals surface area contributed by atoms with Crippen molar-refractivity contribution in [1.29, 1.82) is 0 Å². The Bertz CT molecular complexity index is 865. The van der Waals surface area contributed by atoms with Crippen molar-refractivity contribution in [3.8, 4) is 0 Å². The second-order valence-electron chi connectivity index (χ2n) is 5.66. The zero-order valence-electron chi connectivity index (χ0n) is 13.2. The van der Waals surface area contributed by atoms with Crippen LogP contribution < -0.4 is 15.4 Å². The van der Waals surface area contributed by atoms with Crippen LogP contribution >= 0.6 is 0 Å². The monoisotopic (exact) mass is 345 g/mol. The molecular formula is C17H19N3O3S. The number of nitrogens with one attached hydrogen (secondary N) is 3. The highest BCUT2D eigenvalue weighted by molar-refractivity contribution is 7.89. The molecule has 2 aromatic carbocycles. The fourth-order valence-electron chi connectivity index (χ4n) is 2.66. The van der Waals surface area contributed by atoms with Crippen LogP contribution in [0.1, 0.15) is 11.1 Å². The number of hydrogen-bond donors (Lipinski definition) is 3. The highest BCUT2D eigenvalue weighted by atomic mass is 32.2. The van der Waals surface area contributed by atoms with Gasteiger partial charge in [-0.15, -0.1) is 0 Å². The lowest BCUT2D eigenvalue weighted by molar-refractivity contribution is -0.122. The molecule has 0 saturated carbocycles. The van der Waals surface area contributed by atoms with E-state index in [1.54, 1.807) is 18.2 Å². The molecule has 0 fully saturated rings. The van der Waals surface area contributed by atoms with E-state index in [0.717, 1.165) is 11.1 Å². The normalized spacial score (nSPS) is 18.3. The summed E-state index contributed by atoms with van der Waals surface area (Å²) in [5.41, 5.74) is 2.74. The highest BCUT2D eigenvalue weighted by Gasteiger charge is 2.32. The average Bonchev–Trinajstić information content (AvgIpc) is 2.56. The smallest absolute Gasteiger partial charge is 0.258 e. The molecule has 1 aliphatic rings. The molecule has 6 nitrogen and oxygen atoms in total. The summed E-state index contributed by atoms with van der Waals surface area (Å²) in [4.78, 5) is 12.4. The van der Waals surface area contributed by atoms with Crippen LogP contribution in [0.15, 0.2) is 53.4 Å². The lowest BCUT2D eigenvalue weighted by Crippen LogP contribution is -2.54. The van der Waals surface area contributed by atoms with E-state index in [9.17, 15) is 13.2 Å². The fraction of sp³-hybridized carbons (Fsp3) is 0.235. The van der Waals surface area contributed by atoms with Gasteiger partial charge in [-0.25, -0.2) is 8.42 Å². The maximum Gasteiger partial charge on any atom is 0.258 e. The third-order valence-electron chi connectivity index (χ3n) is 3.97. The summed E-state index contributed by atoms with van der Waals surface area (Å²) in [6.45, 7) is 2.45. The van der Waals surface area contributed by atoms with Gasteiger partial charge < -0.3 is 10.6 Å². The molecule has 24 heavy (non-hydrogen) atoms. The van der Waals surface area contributed by atoms with E-state index >= 15 is 0 Å². The lowest BCUT2D eigenvalue weighted by Gasteiger charge is -2.27. The topological polar surface area (TPSA) is 87.3 Å². The van der Waals surface area contributed by atoms with Crippen LogP contribution in [0.25, 0.3) is 0 Å². The van der Waals surface area contributed by atoms with Crippen molar-refractivity contribution >= 4 is 21.6 Å². The van der Waals surface area contributed by atoms with Gasteiger partial charge in [0.1, 0.15) is 4.90 Å². The number of hydrogen-bond acceptors (Lipinski definition) is 4. The van der Waals surface area contributed by atoms with Crippen molar-refractivity contribution in [3.05, 3.63) is 59.7 Å². The van der Waals surface area contributed by atoms with Crippen LogP contribution in [-0.4, -0.2) is 27.0 Å². The van der Waals surface area contributed by atoms with Crippen molar-refractivity contribution in [2.75, 3.05) is 11.9 Å². The van der Waals surface area contributed by atoms with Gasteiger partial charge in [0.2, 0.25) is 10.0 Å². The van der Waals surface area contributed by atoms with Crippen LogP contribution in [0, 0.1) is 6.92 Å². The second kappa shape index (κ2) is 6.62. The molecule has 3 rings (SSSR count). The Morgan fingerprint density at radius 1 is 1.12 bits per heavy atom. The quantitative estimate of drug-likeness (QED) is 0.781. The Morgan fingerprint density at radius 2 is 1.83 bits per heavy atom. The number of anilines is 1. The summed E-state index contributed by atoms with van der Waals surface area (Å²) in [5, 5.41) is 5.68. The van der Waals surface area contributed by atoms with Crippen molar-refractivity contribution in [2.45, 2.75) is 24.4 Å². The van der Waals surface area contributed by atoms with Crippen molar-refractivity contribution in [3.63, 3.8) is 0 Å². The van der Waals surface area contributed by atoms with Crippen LogP contribution in [0.5, 0.6) is 0 Å². The van der Waals surface area contributed by atoms with Crippen LogP contribution in [0.3, 0.4) is 0 Å². The Balaban J connectivity index is 1.63. The van der Waals surface area contributed by atoms with Gasteiger partial charge in [0.15, 0.2) is 6.17 Å². The van der Waals surface area contributed by atoms with Gasteiger partial charge in [0.25, 0.3) is 5.91 Å². The molecular weight excluding hydrogens is 326 g/mol. The number of rotatable bonds is 4. The van der Waals surface area contributed by atoms with Gasteiger partial charge in [-0.05, 0) is 36.6 Å². The Morgan fingerprint density at radius 3 is 2.62 bits per heavy atom. The molecule has 0 radical (unpaired) electrons. The third-order valence-corrected chi connectivity index (χ3v) is 5.45. The van der Waals surface area contributed by atoms with Crippen molar-refractivity contribution in [1.82, 2.24) is 10.0 Å². The first-order valence-electron chi connectivity index (χ1n) is 7.67. The molecule has 1 amide bonds. The number of aryl methyl sites for hydroxylation is 1. The Hall–Kier alpha value is -2.38. The number of sulfonamides is 1. The molecule has 0 aromatic heterocycles. The van der Waals surface area contributed by atoms with Gasteiger partial charge >= 0.3 is 0 Å². The molecule has 2 aromatic rings. The van der Waals surface area contributed by atoms with Crippen LogP contribution in [0.4, 0.5) is 5.69 Å². The first kappa shape index (κ1) is 16.5. The number of amides is 1. The molecule has 0 bridgehead atoms. The highest BCUT2D eigenvalue weighted by Crippen LogP contribution is 2.25. The Labute approximate surface area is 141 Å². The minimum Gasteiger partial charge on any atom is -0.360 e. The largest absolute Gasteiger partial charge is 0.360 e. The first-order chi connectivity index (χ1) is 11.5. The summed E-state index contributed by atoms with van der Waals surface area (Å²) < 4.78 is 26.8. The van der Waals surface area contributed by atoms with Gasteiger partial charge in [0, 0.05) is 6.54 Å². The maximum absolute atomic E-state index is 12.3. The second-order valence-corrected chi connectivity index (χ2v) is 7.34. The summed E-state index contributed by atoms with van der Waals surface area (Å²) in [6, 6.07) is 14.5. The summed E-state index contributed by atoms with van der Waals surface area (Å²) in [5.74, 6) is -0.401. The molecule has 1 aliphatic heterocycles. The summed E-state index contributed by atoms with van der Waals surface area (Å²) in [7, 11) is -3.69. The van der Waals surface area contributed by atoms with E-state index < -0.39 is 22.1 Å². The standard InChI is InChI=1S/C17H19N3O3S/c1-12-6-2-3-7-13(12)10-11-18-17(21)16-19-14-8-4-5-9-15(14)24(22,23)20-16/h2-9,16,19-20H,10-11H2,1H3,(H,18,21). The van der Waals surface area contributed by atoms with E-state index in [2.05, 4.69) is 15.4 Å². The van der Waals surface area contributed by atoms with Gasteiger partial charge in [-0.3, -0.25) is 4.79 Å². The SMILES string of the molecule is Cc1ccccc1CCNC(=O)C1Nc2ccccc2S(=O)(=O)N1. The lowest BCUT2D eigenvalue weighted by atomic mass is 10.1. The summed E-state index contributed by atoms with van der Waals surface area (Å²) in [6.07, 6.45) is -0.323. The van der Waals surface area contributed by atoms with Gasteiger partial charge in [0.05, 0.1) is 5.69 Å². The predicted octanol–water partition coefficient (Wildman–Crippen LogP) is 1.38. The number of carbonyl (C=O) groups excluding carboxylic acids is 1. The van der Waals surface area contributed by atoms with E-state index in [4.69, 9.17) is 0 Å². The molecule has 0 aliphatic carbocycles. The fourth-order valence-corrected chi connectivity index (χ4v) is 3.93. The van der Waals surface area contributed by atoms with Gasteiger partial charge in [-0.1, -0.05) is 36.4 Å². The van der Waals surface area contributed by atoms with Crippen molar-refractivity contribution < 1.29 is 13.2 Å². The molecule has 1 heterocycles. The van der Waals surface area contributed by atoms with E-state index in [1.807, 2.05) is 31.2 Å². The maximum atomic E-state index is 12.3. The number of carbonyl (C=O) groups is 1. The average molecular weight is 345 g/mol. The molecule has 7 heteroatoms. The van der Waals surface area contributed by atoms with Crippen LogP contribution in [0.2, 0.25) is 0 Å². The number of benzene rings is 2. The molecule has 126 valence electrons. The van der Waals surface area contributed by atoms with E-state index in [0.29, 0.717) is 18.7 Å².